The minimum Gasteiger partial charge on any atom is -0.465 e. The van der Waals surface area contributed by atoms with Crippen LogP contribution in [0.5, 0.6) is 0 Å². The number of aliphatic imine (C=N–C) groups is 1. The van der Waals surface area contributed by atoms with Gasteiger partial charge in [0.25, 0.3) is 5.69 Å². The van der Waals surface area contributed by atoms with E-state index in [9.17, 15) is 14.9 Å². The summed E-state index contributed by atoms with van der Waals surface area (Å²) in [6.07, 6.45) is 1.69. The number of methoxy groups -OCH3 is 1. The van der Waals surface area contributed by atoms with Crippen LogP contribution in [0.1, 0.15) is 27.3 Å². The zero-order valence-electron chi connectivity index (χ0n) is 16.0. The number of rotatable bonds is 5. The highest BCUT2D eigenvalue weighted by atomic mass is 35.5. The van der Waals surface area contributed by atoms with Crippen LogP contribution in [-0.4, -0.2) is 28.8 Å². The molecule has 1 aromatic heterocycles. The van der Waals surface area contributed by atoms with Gasteiger partial charge in [-0.05, 0) is 44.2 Å². The van der Waals surface area contributed by atoms with E-state index in [1.165, 1.54) is 19.2 Å². The molecule has 0 aliphatic carbocycles. The van der Waals surface area contributed by atoms with Crippen LogP contribution in [0.2, 0.25) is 5.02 Å². The largest absolute Gasteiger partial charge is 0.465 e. The molecule has 0 saturated carbocycles. The van der Waals surface area contributed by atoms with E-state index in [4.69, 9.17) is 11.6 Å². The summed E-state index contributed by atoms with van der Waals surface area (Å²) in [5.41, 5.74) is 4.28. The van der Waals surface area contributed by atoms with Crippen LogP contribution in [0.25, 0.3) is 5.69 Å². The Labute approximate surface area is 172 Å². The van der Waals surface area contributed by atoms with Gasteiger partial charge in [-0.25, -0.2) is 4.79 Å². The quantitative estimate of drug-likeness (QED) is 0.250. The molecule has 0 unspecified atom stereocenters. The molecular weight excluding hydrogens is 394 g/mol. The van der Waals surface area contributed by atoms with Crippen molar-refractivity contribution in [2.24, 2.45) is 4.99 Å². The lowest BCUT2D eigenvalue weighted by Gasteiger charge is -2.09. The molecule has 29 heavy (non-hydrogen) atoms. The molecule has 0 N–H and O–H groups in total. The van der Waals surface area contributed by atoms with Gasteiger partial charge in [-0.1, -0.05) is 17.7 Å². The first-order valence-electron chi connectivity index (χ1n) is 8.67. The average Bonchev–Trinajstić information content (AvgIpc) is 2.99. The number of hydrogen-bond donors (Lipinski definition) is 0. The van der Waals surface area contributed by atoms with Gasteiger partial charge in [0, 0.05) is 35.3 Å². The van der Waals surface area contributed by atoms with E-state index in [2.05, 4.69) is 9.73 Å². The van der Waals surface area contributed by atoms with Crippen LogP contribution in [0.4, 0.5) is 11.4 Å². The molecule has 0 amide bonds. The Morgan fingerprint density at radius 1 is 1.21 bits per heavy atom. The van der Waals surface area contributed by atoms with E-state index in [1.54, 1.807) is 30.5 Å². The van der Waals surface area contributed by atoms with Gasteiger partial charge < -0.3 is 9.30 Å². The molecule has 1 heterocycles. The number of ether oxygens (including phenoxy) is 1. The number of hydrogen-bond acceptors (Lipinski definition) is 5. The standard InChI is InChI=1S/C21H18ClN3O4/c1-13-9-15(12-23-16-7-8-19(20(22)10-16)21(26)29-3)14(2)24(13)17-5-4-6-18(11-17)25(27)28/h4-12H,1-3H3. The van der Waals surface area contributed by atoms with Gasteiger partial charge in [-0.15, -0.1) is 0 Å². The van der Waals surface area contributed by atoms with Crippen LogP contribution in [0.15, 0.2) is 53.5 Å². The number of benzene rings is 2. The monoisotopic (exact) mass is 411 g/mol. The third-order valence-corrected chi connectivity index (χ3v) is 4.79. The van der Waals surface area contributed by atoms with E-state index >= 15 is 0 Å². The highest BCUT2D eigenvalue weighted by molar-refractivity contribution is 6.33. The Morgan fingerprint density at radius 3 is 2.62 bits per heavy atom. The number of nitro benzene ring substituents is 1. The predicted molar refractivity (Wildman–Crippen MR) is 112 cm³/mol. The molecule has 0 atom stereocenters. The maximum atomic E-state index is 11.6. The number of nitrogens with zero attached hydrogens (tertiary/aromatic N) is 3. The van der Waals surface area contributed by atoms with Crippen LogP contribution >= 0.6 is 11.6 Å². The maximum Gasteiger partial charge on any atom is 0.339 e. The van der Waals surface area contributed by atoms with E-state index in [1.807, 2.05) is 30.5 Å². The van der Waals surface area contributed by atoms with Crippen molar-refractivity contribution in [2.75, 3.05) is 7.11 Å². The lowest BCUT2D eigenvalue weighted by atomic mass is 10.2. The minimum atomic E-state index is -0.508. The van der Waals surface area contributed by atoms with Crippen molar-refractivity contribution in [3.05, 3.63) is 86.2 Å². The first kappa shape index (κ1) is 20.3. The molecule has 3 aromatic rings. The third kappa shape index (κ3) is 4.20. The topological polar surface area (TPSA) is 86.7 Å². The zero-order chi connectivity index (χ0) is 21.1. The van der Waals surface area contributed by atoms with Crippen molar-refractivity contribution in [2.45, 2.75) is 13.8 Å². The Morgan fingerprint density at radius 2 is 1.97 bits per heavy atom. The van der Waals surface area contributed by atoms with Gasteiger partial charge in [0.15, 0.2) is 0 Å². The van der Waals surface area contributed by atoms with Crippen molar-refractivity contribution in [1.82, 2.24) is 4.57 Å². The van der Waals surface area contributed by atoms with Gasteiger partial charge in [0.1, 0.15) is 0 Å². The first-order valence-corrected chi connectivity index (χ1v) is 9.05. The lowest BCUT2D eigenvalue weighted by Crippen LogP contribution is -2.01. The second-order valence-corrected chi connectivity index (χ2v) is 6.76. The van der Waals surface area contributed by atoms with Gasteiger partial charge in [-0.2, -0.15) is 0 Å². The number of aryl methyl sites for hydroxylation is 1. The van der Waals surface area contributed by atoms with Gasteiger partial charge in [0.2, 0.25) is 0 Å². The van der Waals surface area contributed by atoms with Crippen LogP contribution in [-0.2, 0) is 4.74 Å². The van der Waals surface area contributed by atoms with E-state index in [0.29, 0.717) is 11.4 Å². The maximum absolute atomic E-state index is 11.6. The second kappa shape index (κ2) is 8.28. The molecule has 0 saturated heterocycles. The number of halogens is 1. The average molecular weight is 412 g/mol. The van der Waals surface area contributed by atoms with Crippen molar-refractivity contribution in [3.8, 4) is 5.69 Å². The number of aromatic nitrogens is 1. The second-order valence-electron chi connectivity index (χ2n) is 6.35. The fourth-order valence-electron chi connectivity index (χ4n) is 3.07. The minimum absolute atomic E-state index is 0.0329. The summed E-state index contributed by atoms with van der Waals surface area (Å²) in [5, 5.41) is 11.3. The highest BCUT2D eigenvalue weighted by Crippen LogP contribution is 2.26. The molecule has 0 aliphatic heterocycles. The molecule has 8 heteroatoms. The predicted octanol–water partition coefficient (Wildman–Crippen LogP) is 5.19. The number of carbonyl (C=O) groups is 1. The summed E-state index contributed by atoms with van der Waals surface area (Å²) in [5.74, 6) is -0.508. The fraction of sp³-hybridized carbons (Fsp3) is 0.143. The SMILES string of the molecule is COC(=O)c1ccc(N=Cc2cc(C)n(-c3cccc([N+](=O)[O-])c3)c2C)cc1Cl. The molecule has 7 nitrogen and oxygen atoms in total. The molecule has 0 bridgehead atoms. The lowest BCUT2D eigenvalue weighted by molar-refractivity contribution is -0.384. The van der Waals surface area contributed by atoms with Crippen molar-refractivity contribution in [1.29, 1.82) is 0 Å². The van der Waals surface area contributed by atoms with Crippen molar-refractivity contribution < 1.29 is 14.5 Å². The van der Waals surface area contributed by atoms with Crippen molar-refractivity contribution >= 4 is 35.2 Å². The molecule has 0 spiro atoms. The molecule has 148 valence electrons. The Bertz CT molecular complexity index is 1130. The molecular formula is C21H18ClN3O4. The van der Waals surface area contributed by atoms with Gasteiger partial charge >= 0.3 is 5.97 Å². The van der Waals surface area contributed by atoms with Crippen LogP contribution in [0, 0.1) is 24.0 Å². The summed E-state index contributed by atoms with van der Waals surface area (Å²) in [4.78, 5) is 26.7. The van der Waals surface area contributed by atoms with Crippen LogP contribution < -0.4 is 0 Å². The van der Waals surface area contributed by atoms with E-state index in [0.717, 1.165) is 17.0 Å². The molecule has 3 rings (SSSR count). The van der Waals surface area contributed by atoms with Gasteiger partial charge in [0.05, 0.1) is 34.0 Å². The Kier molecular flexibility index (Phi) is 5.79. The smallest absolute Gasteiger partial charge is 0.339 e. The van der Waals surface area contributed by atoms with Crippen LogP contribution in [0.3, 0.4) is 0 Å². The summed E-state index contributed by atoms with van der Waals surface area (Å²) in [6, 6.07) is 13.2. The van der Waals surface area contributed by atoms with E-state index < -0.39 is 10.9 Å². The highest BCUT2D eigenvalue weighted by Gasteiger charge is 2.13. The first-order chi connectivity index (χ1) is 13.8. The molecule has 0 aliphatic rings. The summed E-state index contributed by atoms with van der Waals surface area (Å²) in [6.45, 7) is 3.84. The number of esters is 1. The summed E-state index contributed by atoms with van der Waals surface area (Å²) < 4.78 is 6.61. The Hall–Kier alpha value is -3.45. The summed E-state index contributed by atoms with van der Waals surface area (Å²) >= 11 is 6.13. The number of nitro groups is 1. The fourth-order valence-corrected chi connectivity index (χ4v) is 3.32. The Balaban J connectivity index is 1.93. The summed E-state index contributed by atoms with van der Waals surface area (Å²) in [7, 11) is 1.29. The normalized spacial score (nSPS) is 11.0. The number of non-ortho nitro benzene ring substituents is 1. The molecule has 0 radical (unpaired) electrons. The molecule has 0 fully saturated rings. The third-order valence-electron chi connectivity index (χ3n) is 4.48. The van der Waals surface area contributed by atoms with Crippen molar-refractivity contribution in [3.63, 3.8) is 0 Å². The number of carbonyl (C=O) groups excluding carboxylic acids is 1. The van der Waals surface area contributed by atoms with E-state index in [-0.39, 0.29) is 16.3 Å². The zero-order valence-corrected chi connectivity index (χ0v) is 16.8. The molecule has 2 aromatic carbocycles. The van der Waals surface area contributed by atoms with Gasteiger partial charge in [-0.3, -0.25) is 15.1 Å².